The van der Waals surface area contributed by atoms with Crippen molar-refractivity contribution < 1.29 is 9.53 Å². The number of hydrogen-bond acceptors (Lipinski definition) is 6. The summed E-state index contributed by atoms with van der Waals surface area (Å²) in [5.41, 5.74) is 2.72. The molecule has 6 nitrogen and oxygen atoms in total. The Kier molecular flexibility index (Phi) is 5.23. The largest absolute Gasteiger partial charge is 0.497 e. The van der Waals surface area contributed by atoms with Crippen LogP contribution in [0.5, 0.6) is 5.75 Å². The van der Waals surface area contributed by atoms with Crippen molar-refractivity contribution in [2.45, 2.75) is 18.1 Å². The monoisotopic (exact) mass is 412 g/mol. The van der Waals surface area contributed by atoms with E-state index in [2.05, 4.69) is 21.0 Å². The molecule has 0 unspecified atom stereocenters. The lowest BCUT2D eigenvalue weighted by molar-refractivity contribution is -0.128. The Morgan fingerprint density at radius 3 is 2.86 bits per heavy atom. The van der Waals surface area contributed by atoms with Gasteiger partial charge in [-0.05, 0) is 31.2 Å². The highest BCUT2D eigenvalue weighted by Crippen LogP contribution is 2.29. The third-order valence-electron chi connectivity index (χ3n) is 4.64. The van der Waals surface area contributed by atoms with Crippen molar-refractivity contribution in [1.29, 1.82) is 0 Å². The third-order valence-corrected chi connectivity index (χ3v) is 6.71. The Bertz CT molecular complexity index is 1100. The third kappa shape index (κ3) is 3.70. The van der Waals surface area contributed by atoms with Gasteiger partial charge in [0.1, 0.15) is 10.8 Å². The number of rotatable bonds is 6. The lowest BCUT2D eigenvalue weighted by Gasteiger charge is -2.22. The van der Waals surface area contributed by atoms with Crippen LogP contribution < -0.4 is 4.74 Å². The fourth-order valence-corrected chi connectivity index (χ4v) is 4.71. The molecule has 2 aromatic heterocycles. The van der Waals surface area contributed by atoms with E-state index in [9.17, 15) is 4.79 Å². The van der Waals surface area contributed by atoms with Crippen LogP contribution in [-0.4, -0.2) is 45.7 Å². The molecule has 2 aromatic carbocycles. The Balaban J connectivity index is 1.42. The predicted octanol–water partition coefficient (Wildman–Crippen LogP) is 4.49. The summed E-state index contributed by atoms with van der Waals surface area (Å²) in [5.74, 6) is 1.12. The number of carbonyl (C=O) groups excluding carboxylic acids is 1. The van der Waals surface area contributed by atoms with Gasteiger partial charge in [0.15, 0.2) is 5.16 Å². The van der Waals surface area contributed by atoms with Crippen molar-refractivity contribution in [2.24, 2.45) is 0 Å². The number of amides is 1. The van der Waals surface area contributed by atoms with Crippen LogP contribution in [0.4, 0.5) is 0 Å². The number of imidazole rings is 1. The van der Waals surface area contributed by atoms with E-state index in [0.29, 0.717) is 5.75 Å². The van der Waals surface area contributed by atoms with Crippen LogP contribution in [-0.2, 0) is 4.79 Å². The highest BCUT2D eigenvalue weighted by molar-refractivity contribution is 7.99. The van der Waals surface area contributed by atoms with Crippen molar-refractivity contribution in [3.63, 3.8) is 0 Å². The Morgan fingerprint density at radius 2 is 2.07 bits per heavy atom. The summed E-state index contributed by atoms with van der Waals surface area (Å²) in [5, 5.41) is 1.66. The Morgan fingerprint density at radius 1 is 1.25 bits per heavy atom. The topological polar surface area (TPSA) is 71.1 Å². The van der Waals surface area contributed by atoms with Gasteiger partial charge in [0.25, 0.3) is 0 Å². The van der Waals surface area contributed by atoms with Crippen LogP contribution >= 0.6 is 23.1 Å². The number of benzene rings is 2. The quantitative estimate of drug-likeness (QED) is 0.472. The predicted molar refractivity (Wildman–Crippen MR) is 114 cm³/mol. The van der Waals surface area contributed by atoms with Crippen molar-refractivity contribution in [2.75, 3.05) is 19.9 Å². The molecule has 1 amide bonds. The molecular formula is C20H20N4O2S2. The van der Waals surface area contributed by atoms with Gasteiger partial charge in [-0.25, -0.2) is 9.97 Å². The van der Waals surface area contributed by atoms with E-state index in [4.69, 9.17) is 4.74 Å². The van der Waals surface area contributed by atoms with Crippen LogP contribution in [0.2, 0.25) is 0 Å². The van der Waals surface area contributed by atoms with E-state index in [0.717, 1.165) is 37.2 Å². The van der Waals surface area contributed by atoms with E-state index in [1.807, 2.05) is 50.4 Å². The minimum Gasteiger partial charge on any atom is -0.497 e. The maximum absolute atomic E-state index is 12.7. The summed E-state index contributed by atoms with van der Waals surface area (Å²) in [6, 6.07) is 13.6. The molecule has 0 radical (unpaired) electrons. The molecule has 144 valence electrons. The smallest absolute Gasteiger partial charge is 0.233 e. The molecule has 2 heterocycles. The van der Waals surface area contributed by atoms with Crippen LogP contribution in [0.15, 0.2) is 47.6 Å². The number of nitrogens with zero attached hydrogens (tertiary/aromatic N) is 3. The lowest BCUT2D eigenvalue weighted by Crippen LogP contribution is -2.31. The molecular weight excluding hydrogens is 392 g/mol. The van der Waals surface area contributed by atoms with Crippen LogP contribution in [0.3, 0.4) is 0 Å². The number of thioether (sulfide) groups is 1. The summed E-state index contributed by atoms with van der Waals surface area (Å²) in [6.45, 7) is 2.01. The van der Waals surface area contributed by atoms with E-state index in [-0.39, 0.29) is 11.9 Å². The maximum Gasteiger partial charge on any atom is 0.233 e. The summed E-state index contributed by atoms with van der Waals surface area (Å²) in [4.78, 5) is 26.9. The first-order valence-corrected chi connectivity index (χ1v) is 10.6. The van der Waals surface area contributed by atoms with Gasteiger partial charge < -0.3 is 14.6 Å². The molecule has 4 rings (SSSR count). The number of fused-ring (bicyclic) bond motifs is 2. The van der Waals surface area contributed by atoms with Crippen molar-refractivity contribution >= 4 is 50.3 Å². The average molecular weight is 413 g/mol. The van der Waals surface area contributed by atoms with Crippen molar-refractivity contribution in [3.05, 3.63) is 47.5 Å². The molecule has 0 aliphatic heterocycles. The number of carbonyl (C=O) groups is 1. The van der Waals surface area contributed by atoms with Crippen molar-refractivity contribution in [3.8, 4) is 5.75 Å². The van der Waals surface area contributed by atoms with Gasteiger partial charge >= 0.3 is 0 Å². The van der Waals surface area contributed by atoms with Crippen molar-refractivity contribution in [1.82, 2.24) is 19.9 Å². The number of aromatic nitrogens is 3. The molecule has 8 heteroatoms. The summed E-state index contributed by atoms with van der Waals surface area (Å²) < 4.78 is 6.37. The number of nitrogens with one attached hydrogen (secondary N) is 1. The minimum absolute atomic E-state index is 0.0368. The van der Waals surface area contributed by atoms with E-state index in [1.165, 1.54) is 11.8 Å². The minimum atomic E-state index is -0.0783. The molecule has 0 fully saturated rings. The highest BCUT2D eigenvalue weighted by atomic mass is 32.2. The second-order valence-electron chi connectivity index (χ2n) is 6.41. The van der Waals surface area contributed by atoms with E-state index >= 15 is 0 Å². The molecule has 0 spiro atoms. The number of hydrogen-bond donors (Lipinski definition) is 1. The van der Waals surface area contributed by atoms with Gasteiger partial charge in [-0.1, -0.05) is 23.9 Å². The van der Waals surface area contributed by atoms with Gasteiger partial charge in [-0.15, -0.1) is 11.3 Å². The highest BCUT2D eigenvalue weighted by Gasteiger charge is 2.21. The van der Waals surface area contributed by atoms with E-state index in [1.54, 1.807) is 23.3 Å². The van der Waals surface area contributed by atoms with E-state index < -0.39 is 0 Å². The molecule has 0 aliphatic rings. The number of aromatic amines is 1. The molecule has 1 atom stereocenters. The molecule has 0 bridgehead atoms. The first kappa shape index (κ1) is 18.8. The second-order valence-corrected chi connectivity index (χ2v) is 8.44. The molecule has 1 N–H and O–H groups in total. The summed E-state index contributed by atoms with van der Waals surface area (Å²) in [6.07, 6.45) is 0. The number of methoxy groups -OCH3 is 1. The molecule has 0 saturated heterocycles. The fourth-order valence-electron chi connectivity index (χ4n) is 2.84. The summed E-state index contributed by atoms with van der Waals surface area (Å²) >= 11 is 3.03. The average Bonchev–Trinajstić information content (AvgIpc) is 3.33. The lowest BCUT2D eigenvalue weighted by atomic mass is 10.3. The van der Waals surface area contributed by atoms with Crippen LogP contribution in [0, 0.1) is 0 Å². The molecule has 28 heavy (non-hydrogen) atoms. The number of H-pyrrole nitrogens is 1. The first-order valence-electron chi connectivity index (χ1n) is 8.83. The normalized spacial score (nSPS) is 12.4. The molecule has 4 aromatic rings. The van der Waals surface area contributed by atoms with Gasteiger partial charge in [0, 0.05) is 13.1 Å². The van der Waals surface area contributed by atoms with Gasteiger partial charge in [-0.3, -0.25) is 4.79 Å². The Labute approximate surface area is 170 Å². The van der Waals surface area contributed by atoms with Gasteiger partial charge in [0.2, 0.25) is 5.91 Å². The standard InChI is InChI=1S/C20H20N4O2S2/c1-12(19-21-15-6-4-5-7-17(15)28-19)24(2)18(25)11-27-20-22-14-9-8-13(26-3)10-16(14)23-20/h4-10,12H,11H2,1-3H3,(H,22,23)/t12-/m0/s1. The zero-order chi connectivity index (χ0) is 19.7. The second kappa shape index (κ2) is 7.81. The van der Waals surface area contributed by atoms with Gasteiger partial charge in [0.05, 0.1) is 40.2 Å². The SMILES string of the molecule is COc1ccc2nc(SCC(=O)N(C)[C@@H](C)c3nc4ccccc4s3)[nH]c2c1. The summed E-state index contributed by atoms with van der Waals surface area (Å²) in [7, 11) is 3.46. The van der Waals surface area contributed by atoms with Crippen LogP contribution in [0.1, 0.15) is 18.0 Å². The maximum atomic E-state index is 12.7. The number of ether oxygens (including phenoxy) is 1. The van der Waals surface area contributed by atoms with Crippen LogP contribution in [0.25, 0.3) is 21.3 Å². The first-order chi connectivity index (χ1) is 13.5. The fraction of sp³-hybridized carbons (Fsp3) is 0.250. The van der Waals surface area contributed by atoms with Gasteiger partial charge in [-0.2, -0.15) is 0 Å². The zero-order valence-corrected chi connectivity index (χ0v) is 17.4. The Hall–Kier alpha value is -2.58. The zero-order valence-electron chi connectivity index (χ0n) is 15.8. The molecule has 0 saturated carbocycles. The number of thiazole rings is 1. The number of para-hydroxylation sites is 1. The molecule has 0 aliphatic carbocycles.